The fourth-order valence-corrected chi connectivity index (χ4v) is 5.12. The number of hydrogen-bond donors (Lipinski definition) is 0. The van der Waals surface area contributed by atoms with Gasteiger partial charge in [-0.15, -0.1) is 0 Å². The van der Waals surface area contributed by atoms with Gasteiger partial charge < -0.3 is 0 Å². The van der Waals surface area contributed by atoms with E-state index in [1.807, 2.05) is 49.5 Å². The van der Waals surface area contributed by atoms with Crippen LogP contribution in [0.4, 0.5) is 0 Å². The second-order valence-corrected chi connectivity index (χ2v) is 9.13. The van der Waals surface area contributed by atoms with Crippen LogP contribution in [0.2, 0.25) is 0 Å². The summed E-state index contributed by atoms with van der Waals surface area (Å²) in [6.45, 7) is 6.36. The van der Waals surface area contributed by atoms with Gasteiger partial charge in [0, 0.05) is 11.6 Å². The zero-order chi connectivity index (χ0) is 19.4. The number of fused-ring (bicyclic) bond motifs is 1. The van der Waals surface area contributed by atoms with Crippen molar-refractivity contribution in [2.24, 2.45) is 0 Å². The Morgan fingerprint density at radius 2 is 1.67 bits per heavy atom. The van der Waals surface area contributed by atoms with Crippen LogP contribution < -0.4 is 0 Å². The Labute approximate surface area is 163 Å². The molecule has 4 heteroatoms. The lowest BCUT2D eigenvalue weighted by Crippen LogP contribution is -2.12. The number of aryl methyl sites for hydroxylation is 1. The third-order valence-electron chi connectivity index (χ3n) is 5.38. The molecule has 0 aliphatic heterocycles. The normalized spacial score (nSPS) is 13.1. The molecule has 0 saturated carbocycles. The van der Waals surface area contributed by atoms with Crippen LogP contribution in [-0.4, -0.2) is 12.4 Å². The number of unbranched alkanes of at least 4 members (excludes halogenated alkanes) is 2. The highest BCUT2D eigenvalue weighted by molar-refractivity contribution is 7.90. The molecule has 0 amide bonds. The largest absolute Gasteiger partial charge is 0.268 e. The molecule has 3 rings (SSSR count). The maximum absolute atomic E-state index is 13.3. The van der Waals surface area contributed by atoms with E-state index in [9.17, 15) is 8.42 Å². The standard InChI is InChI=1S/C23H29NO2S/c1-4-6-7-10-19(5-2)22-17-24(23-12-9-8-11-21(22)23)27(25,26)20-15-13-18(3)14-16-20/h8-9,11-17,19H,4-7,10H2,1-3H3. The third kappa shape index (κ3) is 3.96. The van der Waals surface area contributed by atoms with Crippen LogP contribution in [0.15, 0.2) is 59.6 Å². The van der Waals surface area contributed by atoms with E-state index in [1.165, 1.54) is 23.2 Å². The topological polar surface area (TPSA) is 39.1 Å². The molecule has 3 aromatic rings. The van der Waals surface area contributed by atoms with E-state index in [1.54, 1.807) is 12.1 Å². The number of rotatable bonds is 8. The minimum Gasteiger partial charge on any atom is -0.241 e. The van der Waals surface area contributed by atoms with Crippen LogP contribution in [0.3, 0.4) is 0 Å². The summed E-state index contributed by atoms with van der Waals surface area (Å²) in [5, 5.41) is 1.05. The third-order valence-corrected chi connectivity index (χ3v) is 7.06. The molecule has 0 aliphatic carbocycles. The maximum Gasteiger partial charge on any atom is 0.268 e. The predicted molar refractivity (Wildman–Crippen MR) is 113 cm³/mol. The van der Waals surface area contributed by atoms with Gasteiger partial charge in [0.1, 0.15) is 0 Å². The van der Waals surface area contributed by atoms with Gasteiger partial charge >= 0.3 is 0 Å². The average Bonchev–Trinajstić information content (AvgIpc) is 3.06. The van der Waals surface area contributed by atoms with Crippen molar-refractivity contribution in [3.8, 4) is 0 Å². The van der Waals surface area contributed by atoms with E-state index in [0.717, 1.165) is 34.9 Å². The van der Waals surface area contributed by atoms with Gasteiger partial charge in [-0.2, -0.15) is 0 Å². The van der Waals surface area contributed by atoms with Crippen LogP contribution in [0, 0.1) is 6.92 Å². The molecule has 144 valence electrons. The van der Waals surface area contributed by atoms with Gasteiger partial charge in [0.25, 0.3) is 10.0 Å². The lowest BCUT2D eigenvalue weighted by Gasteiger charge is -2.14. The number of para-hydroxylation sites is 1. The monoisotopic (exact) mass is 383 g/mol. The van der Waals surface area contributed by atoms with Crippen molar-refractivity contribution < 1.29 is 8.42 Å². The molecule has 0 aliphatic rings. The Morgan fingerprint density at radius 3 is 2.33 bits per heavy atom. The Kier molecular flexibility index (Phi) is 6.05. The first-order valence-corrected chi connectivity index (χ1v) is 11.3. The average molecular weight is 384 g/mol. The Balaban J connectivity index is 2.10. The summed E-state index contributed by atoms with van der Waals surface area (Å²) in [4.78, 5) is 0.333. The Morgan fingerprint density at radius 1 is 0.963 bits per heavy atom. The summed E-state index contributed by atoms with van der Waals surface area (Å²) in [5.74, 6) is 0.385. The number of nitrogens with zero attached hydrogens (tertiary/aromatic N) is 1. The smallest absolute Gasteiger partial charge is 0.241 e. The van der Waals surface area contributed by atoms with Gasteiger partial charge in [-0.3, -0.25) is 0 Å². The summed E-state index contributed by atoms with van der Waals surface area (Å²) in [6, 6.07) is 14.9. The number of benzene rings is 2. The molecule has 3 nitrogen and oxygen atoms in total. The Bertz CT molecular complexity index is 1000. The first-order chi connectivity index (χ1) is 13.0. The minimum atomic E-state index is -3.61. The van der Waals surface area contributed by atoms with Crippen LogP contribution in [0.5, 0.6) is 0 Å². The van der Waals surface area contributed by atoms with Crippen molar-refractivity contribution in [3.05, 3.63) is 65.9 Å². The molecule has 0 N–H and O–H groups in total. The second-order valence-electron chi connectivity index (χ2n) is 7.32. The quantitative estimate of drug-likeness (QED) is 0.431. The SMILES string of the molecule is CCCCCC(CC)c1cn(S(=O)(=O)c2ccc(C)cc2)c2ccccc12. The van der Waals surface area contributed by atoms with Gasteiger partial charge in [0.15, 0.2) is 0 Å². The van der Waals surface area contributed by atoms with E-state index in [2.05, 4.69) is 13.8 Å². The number of aromatic nitrogens is 1. The molecule has 2 aromatic carbocycles. The van der Waals surface area contributed by atoms with E-state index in [-0.39, 0.29) is 0 Å². The molecule has 0 saturated heterocycles. The fourth-order valence-electron chi connectivity index (χ4n) is 3.74. The molecule has 0 radical (unpaired) electrons. The van der Waals surface area contributed by atoms with Gasteiger partial charge in [-0.1, -0.05) is 69.0 Å². The zero-order valence-electron chi connectivity index (χ0n) is 16.5. The summed E-state index contributed by atoms with van der Waals surface area (Å²) in [6.07, 6.45) is 7.57. The van der Waals surface area contributed by atoms with Crippen LogP contribution >= 0.6 is 0 Å². The van der Waals surface area contributed by atoms with Crippen molar-refractivity contribution >= 4 is 20.9 Å². The molecular formula is C23H29NO2S. The first kappa shape index (κ1) is 19.7. The fraction of sp³-hybridized carbons (Fsp3) is 0.391. The Hall–Kier alpha value is -2.07. The molecule has 1 atom stereocenters. The predicted octanol–water partition coefficient (Wildman–Crippen LogP) is 6.26. The van der Waals surface area contributed by atoms with Gasteiger partial charge in [0.05, 0.1) is 10.4 Å². The molecule has 1 unspecified atom stereocenters. The minimum absolute atomic E-state index is 0.333. The lowest BCUT2D eigenvalue weighted by atomic mass is 9.91. The molecule has 0 spiro atoms. The highest BCUT2D eigenvalue weighted by Crippen LogP contribution is 2.35. The highest BCUT2D eigenvalue weighted by Gasteiger charge is 2.23. The van der Waals surface area contributed by atoms with Gasteiger partial charge in [0.2, 0.25) is 0 Å². The van der Waals surface area contributed by atoms with Crippen LogP contribution in [0.1, 0.15) is 63.0 Å². The van der Waals surface area contributed by atoms with E-state index in [4.69, 9.17) is 0 Å². The summed E-state index contributed by atoms with van der Waals surface area (Å²) in [7, 11) is -3.61. The maximum atomic E-state index is 13.3. The zero-order valence-corrected chi connectivity index (χ0v) is 17.3. The van der Waals surface area contributed by atoms with Crippen molar-refractivity contribution in [1.29, 1.82) is 0 Å². The van der Waals surface area contributed by atoms with Crippen LogP contribution in [0.25, 0.3) is 10.9 Å². The molecule has 1 heterocycles. The molecule has 27 heavy (non-hydrogen) atoms. The summed E-state index contributed by atoms with van der Waals surface area (Å²) < 4.78 is 28.1. The van der Waals surface area contributed by atoms with Crippen molar-refractivity contribution in [3.63, 3.8) is 0 Å². The van der Waals surface area contributed by atoms with Crippen molar-refractivity contribution in [2.75, 3.05) is 0 Å². The molecule has 0 bridgehead atoms. The molecular weight excluding hydrogens is 354 g/mol. The number of hydrogen-bond acceptors (Lipinski definition) is 2. The summed E-state index contributed by atoms with van der Waals surface area (Å²) in [5.41, 5.74) is 2.97. The van der Waals surface area contributed by atoms with Gasteiger partial charge in [-0.05, 0) is 49.4 Å². The van der Waals surface area contributed by atoms with Crippen LogP contribution in [-0.2, 0) is 10.0 Å². The van der Waals surface area contributed by atoms with E-state index in [0.29, 0.717) is 10.8 Å². The van der Waals surface area contributed by atoms with Crippen molar-refractivity contribution in [1.82, 2.24) is 3.97 Å². The van der Waals surface area contributed by atoms with E-state index < -0.39 is 10.0 Å². The second kappa shape index (κ2) is 8.30. The van der Waals surface area contributed by atoms with E-state index >= 15 is 0 Å². The van der Waals surface area contributed by atoms with Gasteiger partial charge in [-0.25, -0.2) is 12.4 Å². The molecule has 1 aromatic heterocycles. The first-order valence-electron chi connectivity index (χ1n) is 9.91. The summed E-state index contributed by atoms with van der Waals surface area (Å²) >= 11 is 0. The molecule has 0 fully saturated rings. The lowest BCUT2D eigenvalue weighted by molar-refractivity contribution is 0.555. The van der Waals surface area contributed by atoms with Crippen molar-refractivity contribution in [2.45, 2.75) is 63.7 Å². The highest BCUT2D eigenvalue weighted by atomic mass is 32.2.